The predicted octanol–water partition coefficient (Wildman–Crippen LogP) is 3.25. The zero-order valence-corrected chi connectivity index (χ0v) is 20.8. The number of amides is 1. The van der Waals surface area contributed by atoms with Crippen LogP contribution in [-0.4, -0.2) is 81.7 Å². The molecule has 7 nitrogen and oxygen atoms in total. The minimum atomic E-state index is -0.0246. The van der Waals surface area contributed by atoms with E-state index in [1.807, 2.05) is 11.0 Å². The number of hydrogen-bond donors (Lipinski definition) is 0. The molecular formula is C28H36N2O5. The zero-order chi connectivity index (χ0) is 24.2. The molecule has 0 saturated carbocycles. The number of carbonyl (C=O) groups excluding carboxylic acids is 1. The van der Waals surface area contributed by atoms with Gasteiger partial charge in [-0.05, 0) is 47.6 Å². The molecule has 35 heavy (non-hydrogen) atoms. The molecule has 5 rings (SSSR count). The molecule has 0 radical (unpaired) electrons. The van der Waals surface area contributed by atoms with E-state index in [2.05, 4.69) is 41.3 Å². The molecule has 3 aliphatic rings. The van der Waals surface area contributed by atoms with Crippen molar-refractivity contribution in [3.63, 3.8) is 0 Å². The second-order valence-corrected chi connectivity index (χ2v) is 9.70. The molecule has 1 amide bonds. The van der Waals surface area contributed by atoms with Crippen LogP contribution in [0.1, 0.15) is 35.4 Å². The quantitative estimate of drug-likeness (QED) is 0.606. The molecule has 2 fully saturated rings. The van der Waals surface area contributed by atoms with Gasteiger partial charge in [0.05, 0.1) is 33.5 Å². The van der Waals surface area contributed by atoms with Crippen molar-refractivity contribution < 1.29 is 23.7 Å². The third kappa shape index (κ3) is 5.47. The summed E-state index contributed by atoms with van der Waals surface area (Å²) in [5.74, 6) is 1.97. The van der Waals surface area contributed by atoms with E-state index in [1.54, 1.807) is 14.2 Å². The van der Waals surface area contributed by atoms with Crippen molar-refractivity contribution in [2.24, 2.45) is 0 Å². The fourth-order valence-corrected chi connectivity index (χ4v) is 5.57. The van der Waals surface area contributed by atoms with Crippen LogP contribution in [0.2, 0.25) is 0 Å². The molecule has 0 bridgehead atoms. The molecule has 0 spiro atoms. The summed E-state index contributed by atoms with van der Waals surface area (Å²) in [7, 11) is 3.32. The molecule has 2 aliphatic heterocycles. The van der Waals surface area contributed by atoms with Crippen molar-refractivity contribution in [2.75, 3.05) is 53.6 Å². The predicted molar refractivity (Wildman–Crippen MR) is 133 cm³/mol. The highest BCUT2D eigenvalue weighted by Crippen LogP contribution is 2.42. The maximum atomic E-state index is 13.1. The average molecular weight is 481 g/mol. The first-order chi connectivity index (χ1) is 17.1. The minimum Gasteiger partial charge on any atom is -0.493 e. The maximum absolute atomic E-state index is 13.1. The van der Waals surface area contributed by atoms with E-state index in [0.717, 1.165) is 56.9 Å². The molecule has 0 N–H and O–H groups in total. The van der Waals surface area contributed by atoms with E-state index in [-0.39, 0.29) is 24.2 Å². The Bertz CT molecular complexity index is 998. The number of carbonyl (C=O) groups is 1. The second kappa shape index (κ2) is 11.0. The van der Waals surface area contributed by atoms with Gasteiger partial charge in [-0.2, -0.15) is 0 Å². The van der Waals surface area contributed by atoms with Crippen molar-refractivity contribution in [1.29, 1.82) is 0 Å². The molecule has 3 atom stereocenters. The fraction of sp³-hybridized carbons (Fsp3) is 0.536. The first kappa shape index (κ1) is 24.1. The van der Waals surface area contributed by atoms with Gasteiger partial charge in [0.25, 0.3) is 0 Å². The molecule has 3 unspecified atom stereocenters. The van der Waals surface area contributed by atoms with Crippen LogP contribution in [-0.2, 0) is 27.1 Å². The summed E-state index contributed by atoms with van der Waals surface area (Å²) in [6.07, 6.45) is 3.47. The third-order valence-electron chi connectivity index (χ3n) is 7.60. The summed E-state index contributed by atoms with van der Waals surface area (Å²) in [5, 5.41) is 0. The number of aryl methyl sites for hydroxylation is 1. The minimum absolute atomic E-state index is 0.0246. The number of methoxy groups -OCH3 is 2. The fourth-order valence-electron chi connectivity index (χ4n) is 5.57. The molecule has 0 aromatic heterocycles. The standard InChI is InChI=1S/C28H36N2O5/c1-32-25-15-21-8-9-22(24(21)17-26(25)33-2)16-27(31)29-10-12-30(13-11-29)28-19-34-23(18-35-28)14-20-6-4-3-5-7-20/h3-7,15,17,22-23,28H,8-14,16,18-19H2,1-2H3. The molecule has 1 aliphatic carbocycles. The van der Waals surface area contributed by atoms with Crippen molar-refractivity contribution in [3.8, 4) is 11.5 Å². The summed E-state index contributed by atoms with van der Waals surface area (Å²) in [6, 6.07) is 14.5. The van der Waals surface area contributed by atoms with Gasteiger partial charge >= 0.3 is 0 Å². The highest BCUT2D eigenvalue weighted by molar-refractivity contribution is 5.77. The smallest absolute Gasteiger partial charge is 0.223 e. The molecule has 188 valence electrons. The van der Waals surface area contributed by atoms with Crippen LogP contribution in [0.25, 0.3) is 0 Å². The Balaban J connectivity index is 1.09. The van der Waals surface area contributed by atoms with Crippen molar-refractivity contribution in [2.45, 2.75) is 43.9 Å². The van der Waals surface area contributed by atoms with Crippen LogP contribution in [0.15, 0.2) is 42.5 Å². The zero-order valence-electron chi connectivity index (χ0n) is 20.8. The first-order valence-electron chi connectivity index (χ1n) is 12.7. The lowest BCUT2D eigenvalue weighted by molar-refractivity contribution is -0.190. The number of ether oxygens (including phenoxy) is 4. The van der Waals surface area contributed by atoms with E-state index in [9.17, 15) is 4.79 Å². The molecular weight excluding hydrogens is 444 g/mol. The lowest BCUT2D eigenvalue weighted by Crippen LogP contribution is -2.56. The lowest BCUT2D eigenvalue weighted by atomic mass is 9.96. The Labute approximate surface area is 207 Å². The monoisotopic (exact) mass is 480 g/mol. The summed E-state index contributed by atoms with van der Waals surface area (Å²) in [4.78, 5) is 17.5. The number of hydrogen-bond acceptors (Lipinski definition) is 6. The lowest BCUT2D eigenvalue weighted by Gasteiger charge is -2.41. The topological polar surface area (TPSA) is 60.5 Å². The van der Waals surface area contributed by atoms with Crippen molar-refractivity contribution >= 4 is 5.91 Å². The Morgan fingerprint density at radius 1 is 0.971 bits per heavy atom. The maximum Gasteiger partial charge on any atom is 0.223 e. The van der Waals surface area contributed by atoms with Gasteiger partial charge in [-0.15, -0.1) is 0 Å². The molecule has 2 heterocycles. The first-order valence-corrected chi connectivity index (χ1v) is 12.7. The Hall–Kier alpha value is -2.61. The van der Waals surface area contributed by atoms with Crippen LogP contribution >= 0.6 is 0 Å². The van der Waals surface area contributed by atoms with E-state index >= 15 is 0 Å². The molecule has 2 aromatic carbocycles. The van der Waals surface area contributed by atoms with Crippen molar-refractivity contribution in [3.05, 3.63) is 59.2 Å². The Morgan fingerprint density at radius 3 is 2.40 bits per heavy atom. The summed E-state index contributed by atoms with van der Waals surface area (Å²) in [5.41, 5.74) is 3.77. The van der Waals surface area contributed by atoms with Crippen LogP contribution < -0.4 is 9.47 Å². The number of benzene rings is 2. The van der Waals surface area contributed by atoms with E-state index in [0.29, 0.717) is 19.6 Å². The van der Waals surface area contributed by atoms with Gasteiger partial charge in [-0.3, -0.25) is 9.69 Å². The van der Waals surface area contributed by atoms with E-state index in [1.165, 1.54) is 16.7 Å². The normalized spacial score (nSPS) is 24.7. The van der Waals surface area contributed by atoms with Crippen LogP contribution in [0.3, 0.4) is 0 Å². The van der Waals surface area contributed by atoms with Gasteiger partial charge in [-0.1, -0.05) is 30.3 Å². The summed E-state index contributed by atoms with van der Waals surface area (Å²) in [6.45, 7) is 4.28. The molecule has 2 saturated heterocycles. The molecule has 2 aromatic rings. The van der Waals surface area contributed by atoms with Crippen LogP contribution in [0.4, 0.5) is 0 Å². The van der Waals surface area contributed by atoms with E-state index in [4.69, 9.17) is 18.9 Å². The number of piperazine rings is 1. The van der Waals surface area contributed by atoms with Gasteiger partial charge in [0.2, 0.25) is 5.91 Å². The van der Waals surface area contributed by atoms with Gasteiger partial charge < -0.3 is 23.8 Å². The SMILES string of the molecule is COc1cc2c(cc1OC)C(CC(=O)N1CCN(C3COC(Cc4ccccc4)CO3)CC1)CC2. The van der Waals surface area contributed by atoms with Crippen LogP contribution in [0.5, 0.6) is 11.5 Å². The summed E-state index contributed by atoms with van der Waals surface area (Å²) >= 11 is 0. The van der Waals surface area contributed by atoms with Crippen LogP contribution in [0, 0.1) is 0 Å². The highest BCUT2D eigenvalue weighted by atomic mass is 16.6. The number of fused-ring (bicyclic) bond motifs is 1. The average Bonchev–Trinajstić information content (AvgIpc) is 3.30. The van der Waals surface area contributed by atoms with Crippen molar-refractivity contribution in [1.82, 2.24) is 9.80 Å². The van der Waals surface area contributed by atoms with E-state index < -0.39 is 0 Å². The summed E-state index contributed by atoms with van der Waals surface area (Å²) < 4.78 is 23.2. The molecule has 7 heteroatoms. The number of rotatable bonds is 7. The highest BCUT2D eigenvalue weighted by Gasteiger charge is 2.33. The Kier molecular flexibility index (Phi) is 7.56. The van der Waals surface area contributed by atoms with Gasteiger partial charge in [0, 0.05) is 39.0 Å². The third-order valence-corrected chi connectivity index (χ3v) is 7.60. The van der Waals surface area contributed by atoms with Gasteiger partial charge in [-0.25, -0.2) is 0 Å². The largest absolute Gasteiger partial charge is 0.493 e. The van der Waals surface area contributed by atoms with Gasteiger partial charge in [0.1, 0.15) is 6.23 Å². The number of nitrogens with zero attached hydrogens (tertiary/aromatic N) is 2. The Morgan fingerprint density at radius 2 is 1.71 bits per heavy atom. The van der Waals surface area contributed by atoms with Gasteiger partial charge in [0.15, 0.2) is 11.5 Å². The second-order valence-electron chi connectivity index (χ2n) is 9.70.